The van der Waals surface area contributed by atoms with Crippen molar-refractivity contribution in [2.75, 3.05) is 34.8 Å². The Morgan fingerprint density at radius 3 is 2.62 bits per heavy atom. The SMILES string of the molecule is CCN(C(=O)c1ccc(N2CC3CC(C2)c2cccc(=O)n2C3)c(NC(=O)c2cccs2)c1)c1cccc(C)c1. The molecular weight excluding hydrogens is 520 g/mol. The van der Waals surface area contributed by atoms with Gasteiger partial charge in [-0.3, -0.25) is 14.4 Å². The minimum Gasteiger partial charge on any atom is -0.369 e. The average molecular weight is 553 g/mol. The fraction of sp³-hybridized carbons (Fsp3) is 0.281. The summed E-state index contributed by atoms with van der Waals surface area (Å²) in [4.78, 5) is 44.1. The van der Waals surface area contributed by atoms with E-state index in [1.165, 1.54) is 11.3 Å². The summed E-state index contributed by atoms with van der Waals surface area (Å²) in [6.45, 7) is 6.70. The van der Waals surface area contributed by atoms with E-state index in [-0.39, 0.29) is 23.3 Å². The Hall–Kier alpha value is -4.17. The smallest absolute Gasteiger partial charge is 0.265 e. The van der Waals surface area contributed by atoms with Crippen LogP contribution in [0.2, 0.25) is 0 Å². The van der Waals surface area contributed by atoms with Crippen LogP contribution in [-0.4, -0.2) is 36.0 Å². The lowest BCUT2D eigenvalue weighted by Gasteiger charge is -2.44. The van der Waals surface area contributed by atoms with Crippen LogP contribution >= 0.6 is 11.3 Å². The van der Waals surface area contributed by atoms with Crippen molar-refractivity contribution in [3.05, 3.63) is 110 Å². The van der Waals surface area contributed by atoms with E-state index < -0.39 is 0 Å². The summed E-state index contributed by atoms with van der Waals surface area (Å²) in [5, 5.41) is 4.99. The summed E-state index contributed by atoms with van der Waals surface area (Å²) in [6.07, 6.45) is 1.04. The normalized spacial score (nSPS) is 17.7. The average Bonchev–Trinajstić information content (AvgIpc) is 3.49. The third-order valence-corrected chi connectivity index (χ3v) is 8.80. The number of piperidine rings is 1. The zero-order valence-electron chi connectivity index (χ0n) is 22.7. The molecule has 4 aromatic rings. The highest BCUT2D eigenvalue weighted by molar-refractivity contribution is 7.12. The fourth-order valence-corrected chi connectivity index (χ4v) is 6.74. The van der Waals surface area contributed by atoms with Gasteiger partial charge in [-0.05, 0) is 79.6 Å². The zero-order chi connectivity index (χ0) is 27.8. The first-order valence-electron chi connectivity index (χ1n) is 13.7. The molecule has 2 aliphatic heterocycles. The van der Waals surface area contributed by atoms with Gasteiger partial charge in [-0.25, -0.2) is 0 Å². The van der Waals surface area contributed by atoms with Crippen LogP contribution in [-0.2, 0) is 6.54 Å². The molecule has 2 unspecified atom stereocenters. The van der Waals surface area contributed by atoms with Crippen LogP contribution in [0, 0.1) is 12.8 Å². The number of hydrogen-bond acceptors (Lipinski definition) is 5. The fourth-order valence-electron chi connectivity index (χ4n) is 6.12. The van der Waals surface area contributed by atoms with Crippen LogP contribution in [0.3, 0.4) is 0 Å². The van der Waals surface area contributed by atoms with Crippen molar-refractivity contribution in [1.82, 2.24) is 4.57 Å². The number of nitrogens with one attached hydrogen (secondary N) is 1. The van der Waals surface area contributed by atoms with Crippen molar-refractivity contribution in [3.8, 4) is 0 Å². The number of benzene rings is 2. The Labute approximate surface area is 237 Å². The first kappa shape index (κ1) is 26.1. The highest BCUT2D eigenvalue weighted by Gasteiger charge is 2.35. The largest absolute Gasteiger partial charge is 0.369 e. The van der Waals surface area contributed by atoms with Gasteiger partial charge in [-0.15, -0.1) is 11.3 Å². The van der Waals surface area contributed by atoms with Gasteiger partial charge >= 0.3 is 0 Å². The van der Waals surface area contributed by atoms with E-state index in [2.05, 4.69) is 16.3 Å². The molecule has 0 aliphatic carbocycles. The van der Waals surface area contributed by atoms with E-state index in [1.54, 1.807) is 17.0 Å². The number of rotatable bonds is 6. The van der Waals surface area contributed by atoms with E-state index in [4.69, 9.17) is 0 Å². The van der Waals surface area contributed by atoms with Gasteiger partial charge < -0.3 is 19.7 Å². The number of carbonyl (C=O) groups excluding carboxylic acids is 2. The molecule has 2 aliphatic rings. The summed E-state index contributed by atoms with van der Waals surface area (Å²) in [7, 11) is 0. The highest BCUT2D eigenvalue weighted by Crippen LogP contribution is 2.39. The second kappa shape index (κ2) is 10.8. The molecule has 2 amide bonds. The lowest BCUT2D eigenvalue weighted by Crippen LogP contribution is -2.47. The quantitative estimate of drug-likeness (QED) is 0.330. The van der Waals surface area contributed by atoms with Crippen LogP contribution < -0.4 is 20.7 Å². The van der Waals surface area contributed by atoms with Gasteiger partial charge in [0, 0.05) is 55.1 Å². The van der Waals surface area contributed by atoms with E-state index in [0.717, 1.165) is 42.1 Å². The Balaban J connectivity index is 1.35. The number of pyridine rings is 1. The van der Waals surface area contributed by atoms with Gasteiger partial charge in [0.25, 0.3) is 17.4 Å². The number of fused-ring (bicyclic) bond motifs is 4. The minimum absolute atomic E-state index is 0.0569. The summed E-state index contributed by atoms with van der Waals surface area (Å²) in [5.41, 5.74) is 5.09. The maximum atomic E-state index is 13.7. The van der Waals surface area contributed by atoms with E-state index in [0.29, 0.717) is 35.1 Å². The lowest BCUT2D eigenvalue weighted by molar-refractivity contribution is 0.0985. The molecule has 2 aromatic carbocycles. The molecule has 40 heavy (non-hydrogen) atoms. The van der Waals surface area contributed by atoms with Crippen molar-refractivity contribution in [2.24, 2.45) is 5.92 Å². The van der Waals surface area contributed by atoms with Crippen molar-refractivity contribution < 1.29 is 9.59 Å². The van der Waals surface area contributed by atoms with E-state index in [1.807, 2.05) is 78.4 Å². The molecule has 0 radical (unpaired) electrons. The molecule has 1 N–H and O–H groups in total. The second-order valence-electron chi connectivity index (χ2n) is 10.7. The van der Waals surface area contributed by atoms with Gasteiger partial charge in [0.05, 0.1) is 16.3 Å². The van der Waals surface area contributed by atoms with Crippen LogP contribution in [0.1, 0.15) is 50.5 Å². The lowest BCUT2D eigenvalue weighted by atomic mass is 9.83. The summed E-state index contributed by atoms with van der Waals surface area (Å²) >= 11 is 1.38. The van der Waals surface area contributed by atoms with E-state index >= 15 is 0 Å². The van der Waals surface area contributed by atoms with Gasteiger partial charge in [0.15, 0.2) is 0 Å². The second-order valence-corrected chi connectivity index (χ2v) is 11.6. The zero-order valence-corrected chi connectivity index (χ0v) is 23.5. The number of anilines is 3. The molecule has 2 aromatic heterocycles. The predicted molar refractivity (Wildman–Crippen MR) is 161 cm³/mol. The molecule has 2 bridgehead atoms. The van der Waals surface area contributed by atoms with Crippen LogP contribution in [0.25, 0.3) is 0 Å². The first-order chi connectivity index (χ1) is 19.4. The van der Waals surface area contributed by atoms with Crippen molar-refractivity contribution in [1.29, 1.82) is 0 Å². The van der Waals surface area contributed by atoms with Crippen LogP contribution in [0.4, 0.5) is 17.1 Å². The molecule has 2 atom stereocenters. The monoisotopic (exact) mass is 552 g/mol. The third-order valence-electron chi connectivity index (χ3n) is 7.93. The maximum absolute atomic E-state index is 13.7. The topological polar surface area (TPSA) is 74.7 Å². The number of thiophene rings is 1. The predicted octanol–water partition coefficient (Wildman–Crippen LogP) is 5.76. The molecular formula is C32H32N4O3S. The van der Waals surface area contributed by atoms with Gasteiger partial charge in [-0.2, -0.15) is 0 Å². The number of hydrogen-bond donors (Lipinski definition) is 1. The molecule has 4 heterocycles. The first-order valence-corrected chi connectivity index (χ1v) is 14.6. The molecule has 1 fully saturated rings. The number of nitrogens with zero attached hydrogens (tertiary/aromatic N) is 3. The van der Waals surface area contributed by atoms with Crippen molar-refractivity contribution >= 4 is 40.2 Å². The summed E-state index contributed by atoms with van der Waals surface area (Å²) < 4.78 is 1.92. The number of carbonyl (C=O) groups is 2. The Kier molecular flexibility index (Phi) is 7.02. The van der Waals surface area contributed by atoms with Gasteiger partial charge in [0.1, 0.15) is 0 Å². The van der Waals surface area contributed by atoms with Crippen molar-refractivity contribution in [2.45, 2.75) is 32.7 Å². The summed E-state index contributed by atoms with van der Waals surface area (Å²) in [5.74, 6) is 0.238. The minimum atomic E-state index is -0.194. The number of amides is 2. The van der Waals surface area contributed by atoms with Gasteiger partial charge in [-0.1, -0.05) is 24.3 Å². The Bertz CT molecular complexity index is 1630. The number of aromatic nitrogens is 1. The molecule has 0 spiro atoms. The standard InChI is InChI=1S/C32H32N4O3S/c1-3-35(25-8-4-7-21(2)15-25)32(39)23-12-13-28(26(17-23)33-31(38)29-10-6-14-40-29)34-18-22-16-24(20-34)27-9-5-11-30(37)36(27)19-22/h4-15,17,22,24H,3,16,18-20H2,1-2H3,(H,33,38). The molecule has 204 valence electrons. The Morgan fingerprint density at radius 1 is 1.00 bits per heavy atom. The maximum Gasteiger partial charge on any atom is 0.265 e. The van der Waals surface area contributed by atoms with Crippen LogP contribution in [0.5, 0.6) is 0 Å². The highest BCUT2D eigenvalue weighted by atomic mass is 32.1. The van der Waals surface area contributed by atoms with Crippen LogP contribution in [0.15, 0.2) is 83.0 Å². The summed E-state index contributed by atoms with van der Waals surface area (Å²) in [6, 6.07) is 22.7. The van der Waals surface area contributed by atoms with E-state index in [9.17, 15) is 14.4 Å². The molecule has 6 rings (SSSR count). The van der Waals surface area contributed by atoms with Gasteiger partial charge in [0.2, 0.25) is 0 Å². The van der Waals surface area contributed by atoms with Crippen molar-refractivity contribution in [3.63, 3.8) is 0 Å². The molecule has 7 nitrogen and oxygen atoms in total. The Morgan fingerprint density at radius 2 is 1.85 bits per heavy atom. The molecule has 8 heteroatoms. The third kappa shape index (κ3) is 4.95. The molecule has 0 saturated carbocycles. The number of aryl methyl sites for hydroxylation is 1. The molecule has 1 saturated heterocycles.